The molecule has 2 amide bonds. The molecule has 0 spiro atoms. The van der Waals surface area contributed by atoms with E-state index < -0.39 is 6.10 Å². The molecule has 1 aromatic carbocycles. The van der Waals surface area contributed by atoms with Gasteiger partial charge < -0.3 is 19.9 Å². The third-order valence-corrected chi connectivity index (χ3v) is 4.58. The summed E-state index contributed by atoms with van der Waals surface area (Å²) in [5, 5.41) is 21.6. The molecule has 1 aromatic heterocycles. The van der Waals surface area contributed by atoms with Gasteiger partial charge in [-0.25, -0.2) is 4.79 Å². The maximum absolute atomic E-state index is 12.0. The number of aromatic nitrogens is 3. The number of carbonyl (C=O) groups excluding carboxylic acids is 1. The van der Waals surface area contributed by atoms with E-state index >= 15 is 0 Å². The molecular weight excluding hydrogens is 326 g/mol. The van der Waals surface area contributed by atoms with Gasteiger partial charge in [0.05, 0.1) is 6.10 Å². The summed E-state index contributed by atoms with van der Waals surface area (Å²) < 4.78 is 1.84. The number of rotatable bonds is 8. The minimum Gasteiger partial charge on any atom is -0.388 e. The van der Waals surface area contributed by atoms with Crippen molar-refractivity contribution >= 4 is 17.8 Å². The van der Waals surface area contributed by atoms with Crippen molar-refractivity contribution in [1.29, 1.82) is 0 Å². The number of nitrogens with zero attached hydrogens (tertiary/aromatic N) is 4. The number of urea groups is 1. The molecule has 0 unspecified atom stereocenters. The number of hydrogen-bond acceptors (Lipinski definition) is 5. The van der Waals surface area contributed by atoms with Gasteiger partial charge >= 0.3 is 6.03 Å². The number of benzene rings is 1. The van der Waals surface area contributed by atoms with E-state index in [0.29, 0.717) is 19.5 Å². The highest BCUT2D eigenvalue weighted by atomic mass is 32.2. The number of nitrogens with one attached hydrogen (secondary N) is 1. The Hall–Kier alpha value is -2.06. The monoisotopic (exact) mass is 349 g/mol. The third kappa shape index (κ3) is 5.54. The average Bonchev–Trinajstić information content (AvgIpc) is 3.01. The Morgan fingerprint density at radius 3 is 2.83 bits per heavy atom. The number of thioether (sulfide) groups is 1. The zero-order valence-electron chi connectivity index (χ0n) is 13.9. The van der Waals surface area contributed by atoms with Crippen molar-refractivity contribution in [1.82, 2.24) is 25.0 Å². The maximum Gasteiger partial charge on any atom is 0.317 e. The van der Waals surface area contributed by atoms with Crippen LogP contribution in [0.15, 0.2) is 41.8 Å². The molecule has 1 heterocycles. The van der Waals surface area contributed by atoms with Gasteiger partial charge in [0.2, 0.25) is 0 Å². The van der Waals surface area contributed by atoms with Crippen LogP contribution in [0.3, 0.4) is 0 Å². The Morgan fingerprint density at radius 1 is 1.42 bits per heavy atom. The van der Waals surface area contributed by atoms with Crippen molar-refractivity contribution in [3.05, 3.63) is 42.2 Å². The van der Waals surface area contributed by atoms with Crippen LogP contribution >= 0.6 is 11.8 Å². The third-order valence-electron chi connectivity index (χ3n) is 3.55. The van der Waals surface area contributed by atoms with Crippen molar-refractivity contribution in [2.45, 2.75) is 17.7 Å². The molecule has 24 heavy (non-hydrogen) atoms. The predicted octanol–water partition coefficient (Wildman–Crippen LogP) is 1.67. The van der Waals surface area contributed by atoms with Gasteiger partial charge in [0, 0.05) is 32.9 Å². The number of aryl methyl sites for hydroxylation is 1. The van der Waals surface area contributed by atoms with Crippen LogP contribution in [0.4, 0.5) is 4.79 Å². The van der Waals surface area contributed by atoms with Gasteiger partial charge in [0.1, 0.15) is 6.33 Å². The summed E-state index contributed by atoms with van der Waals surface area (Å²) in [6.45, 7) is 1.03. The van der Waals surface area contributed by atoms with Gasteiger partial charge in [0.15, 0.2) is 5.16 Å². The van der Waals surface area contributed by atoms with E-state index in [2.05, 4.69) is 15.5 Å². The quantitative estimate of drug-likeness (QED) is 0.559. The Labute approximate surface area is 146 Å². The van der Waals surface area contributed by atoms with Crippen molar-refractivity contribution in [2.75, 3.05) is 25.9 Å². The van der Waals surface area contributed by atoms with E-state index in [9.17, 15) is 9.90 Å². The fourth-order valence-electron chi connectivity index (χ4n) is 2.10. The minimum atomic E-state index is -0.562. The van der Waals surface area contributed by atoms with Gasteiger partial charge in [-0.15, -0.1) is 10.2 Å². The molecule has 0 aliphatic carbocycles. The first kappa shape index (κ1) is 18.3. The van der Waals surface area contributed by atoms with E-state index in [1.54, 1.807) is 18.3 Å². The second-order valence-corrected chi connectivity index (χ2v) is 6.50. The first-order valence-corrected chi connectivity index (χ1v) is 8.75. The minimum absolute atomic E-state index is 0.145. The van der Waals surface area contributed by atoms with Gasteiger partial charge in [-0.05, 0) is 12.0 Å². The Kier molecular flexibility index (Phi) is 7.07. The lowest BCUT2D eigenvalue weighted by Crippen LogP contribution is -2.39. The molecule has 0 saturated heterocycles. The fraction of sp³-hybridized carbons (Fsp3) is 0.438. The van der Waals surface area contributed by atoms with E-state index in [0.717, 1.165) is 16.5 Å². The lowest BCUT2D eigenvalue weighted by atomic mass is 10.1. The number of amides is 2. The van der Waals surface area contributed by atoms with Gasteiger partial charge in [-0.1, -0.05) is 42.1 Å². The van der Waals surface area contributed by atoms with Crippen LogP contribution in [0, 0.1) is 0 Å². The number of aliphatic hydroxyl groups is 1. The second kappa shape index (κ2) is 9.29. The molecule has 8 heteroatoms. The van der Waals surface area contributed by atoms with Gasteiger partial charge in [0.25, 0.3) is 0 Å². The van der Waals surface area contributed by atoms with Crippen LogP contribution in [0.5, 0.6) is 0 Å². The van der Waals surface area contributed by atoms with Crippen LogP contribution in [0.1, 0.15) is 18.1 Å². The van der Waals surface area contributed by atoms with Crippen molar-refractivity contribution in [3.8, 4) is 0 Å². The smallest absolute Gasteiger partial charge is 0.317 e. The van der Waals surface area contributed by atoms with E-state index in [1.165, 1.54) is 11.8 Å². The van der Waals surface area contributed by atoms with Crippen LogP contribution in [0.25, 0.3) is 0 Å². The molecule has 7 nitrogen and oxygen atoms in total. The van der Waals surface area contributed by atoms with E-state index in [4.69, 9.17) is 0 Å². The highest BCUT2D eigenvalue weighted by Crippen LogP contribution is 2.16. The molecule has 0 radical (unpaired) electrons. The molecule has 2 rings (SSSR count). The highest BCUT2D eigenvalue weighted by molar-refractivity contribution is 7.99. The van der Waals surface area contributed by atoms with Crippen molar-refractivity contribution in [3.63, 3.8) is 0 Å². The van der Waals surface area contributed by atoms with Crippen molar-refractivity contribution < 1.29 is 9.90 Å². The first-order valence-electron chi connectivity index (χ1n) is 7.76. The number of carbonyl (C=O) groups is 1. The summed E-state index contributed by atoms with van der Waals surface area (Å²) in [6, 6.07) is 9.32. The van der Waals surface area contributed by atoms with E-state index in [-0.39, 0.29) is 6.03 Å². The molecular formula is C16H23N5O2S. The molecule has 0 saturated carbocycles. The summed E-state index contributed by atoms with van der Waals surface area (Å²) in [7, 11) is 3.61. The summed E-state index contributed by atoms with van der Waals surface area (Å²) >= 11 is 1.54. The molecule has 130 valence electrons. The lowest BCUT2D eigenvalue weighted by Gasteiger charge is -2.20. The topological polar surface area (TPSA) is 83.3 Å². The molecule has 0 bridgehead atoms. The maximum atomic E-state index is 12.0. The summed E-state index contributed by atoms with van der Waals surface area (Å²) in [6.07, 6.45) is 1.59. The molecule has 0 aliphatic rings. The number of aliphatic hydroxyl groups excluding tert-OH is 1. The normalized spacial score (nSPS) is 12.0. The highest BCUT2D eigenvalue weighted by Gasteiger charge is 2.12. The first-order chi connectivity index (χ1) is 11.6. The largest absolute Gasteiger partial charge is 0.388 e. The molecule has 1 atom stereocenters. The zero-order valence-corrected chi connectivity index (χ0v) is 14.7. The van der Waals surface area contributed by atoms with Crippen LogP contribution in [0.2, 0.25) is 0 Å². The second-order valence-electron chi connectivity index (χ2n) is 5.44. The fourth-order valence-corrected chi connectivity index (χ4v) is 2.84. The molecule has 2 aromatic rings. The SMILES string of the molecule is CN(CC[C@@H](O)c1ccccc1)C(=O)NCCSc1nncn1C. The predicted molar refractivity (Wildman–Crippen MR) is 93.8 cm³/mol. The van der Waals surface area contributed by atoms with Crippen LogP contribution < -0.4 is 5.32 Å². The molecule has 2 N–H and O–H groups in total. The summed E-state index contributed by atoms with van der Waals surface area (Å²) in [5.41, 5.74) is 0.867. The lowest BCUT2D eigenvalue weighted by molar-refractivity contribution is 0.150. The number of hydrogen-bond donors (Lipinski definition) is 2. The summed E-state index contributed by atoms with van der Waals surface area (Å²) in [5.74, 6) is 0.721. The van der Waals surface area contributed by atoms with Crippen LogP contribution in [-0.2, 0) is 7.05 Å². The van der Waals surface area contributed by atoms with Gasteiger partial charge in [-0.2, -0.15) is 0 Å². The molecule has 0 aliphatic heterocycles. The van der Waals surface area contributed by atoms with Crippen LogP contribution in [-0.4, -0.2) is 56.7 Å². The zero-order chi connectivity index (χ0) is 17.4. The Morgan fingerprint density at radius 2 is 2.17 bits per heavy atom. The standard InChI is InChI=1S/C16H23N5O2S/c1-20(10-8-14(22)13-6-4-3-5-7-13)15(23)17-9-11-24-16-19-18-12-21(16)2/h3-7,12,14,22H,8-11H2,1-2H3,(H,17,23)/t14-/m1/s1. The average molecular weight is 349 g/mol. The Balaban J connectivity index is 1.64. The summed E-state index contributed by atoms with van der Waals surface area (Å²) in [4.78, 5) is 13.6. The van der Waals surface area contributed by atoms with Gasteiger partial charge in [-0.3, -0.25) is 0 Å². The van der Waals surface area contributed by atoms with E-state index in [1.807, 2.05) is 41.9 Å². The van der Waals surface area contributed by atoms with Crippen molar-refractivity contribution in [2.24, 2.45) is 7.05 Å². The Bertz CT molecular complexity index is 634. The molecule has 0 fully saturated rings.